The zero-order chi connectivity index (χ0) is 9.14. The Hall–Kier alpha value is -1.52. The predicted octanol–water partition coefficient (Wildman–Crippen LogP) is -0.0591. The number of carboxylic acid groups (broad SMARTS) is 1. The molecule has 0 spiro atoms. The van der Waals surface area contributed by atoms with Crippen molar-refractivity contribution < 1.29 is 9.90 Å². The summed E-state index contributed by atoms with van der Waals surface area (Å²) in [6.45, 7) is -0.0369. The van der Waals surface area contributed by atoms with E-state index in [-0.39, 0.29) is 6.54 Å². The van der Waals surface area contributed by atoms with Crippen molar-refractivity contribution in [3.8, 4) is 0 Å². The molecule has 0 unspecified atom stereocenters. The normalized spacial score (nSPS) is 9.83. The quantitative estimate of drug-likeness (QED) is 0.688. The third-order valence-corrected chi connectivity index (χ3v) is 1.51. The molecule has 1 rings (SSSR count). The maximum Gasteiger partial charge on any atom is 0.323 e. The molecule has 1 aromatic rings. The molecule has 0 aromatic carbocycles. The smallest absolute Gasteiger partial charge is 0.323 e. The zero-order valence-corrected chi connectivity index (χ0v) is 7.06. The van der Waals surface area contributed by atoms with Crippen molar-refractivity contribution in [2.45, 2.75) is 0 Å². The molecule has 5 nitrogen and oxygen atoms in total. The van der Waals surface area contributed by atoms with Gasteiger partial charge in [0.15, 0.2) is 0 Å². The Morgan fingerprint density at radius 2 is 2.50 bits per heavy atom. The number of nitrogens with zero attached hydrogens (tertiary/aromatic N) is 3. The van der Waals surface area contributed by atoms with E-state index < -0.39 is 5.97 Å². The lowest BCUT2D eigenvalue weighted by Crippen LogP contribution is -2.27. The van der Waals surface area contributed by atoms with Gasteiger partial charge in [-0.25, -0.2) is 4.98 Å². The molecule has 12 heavy (non-hydrogen) atoms. The van der Waals surface area contributed by atoms with E-state index in [1.165, 1.54) is 0 Å². The molecule has 0 aliphatic heterocycles. The van der Waals surface area contributed by atoms with Crippen LogP contribution in [0.4, 0.5) is 5.95 Å². The van der Waals surface area contributed by atoms with Crippen molar-refractivity contribution in [3.63, 3.8) is 0 Å². The van der Waals surface area contributed by atoms with Crippen LogP contribution in [0.15, 0.2) is 12.4 Å². The topological polar surface area (TPSA) is 58.4 Å². The van der Waals surface area contributed by atoms with Gasteiger partial charge < -0.3 is 14.6 Å². The Bertz CT molecular complexity index is 282. The monoisotopic (exact) mass is 169 g/mol. The van der Waals surface area contributed by atoms with Crippen LogP contribution in [-0.4, -0.2) is 34.2 Å². The van der Waals surface area contributed by atoms with Crippen LogP contribution in [0.3, 0.4) is 0 Å². The summed E-state index contributed by atoms with van der Waals surface area (Å²) in [6.07, 6.45) is 3.40. The molecular formula is C7H11N3O2. The van der Waals surface area contributed by atoms with E-state index in [2.05, 4.69) is 4.98 Å². The lowest BCUT2D eigenvalue weighted by Gasteiger charge is -2.14. The van der Waals surface area contributed by atoms with Crippen LogP contribution < -0.4 is 4.90 Å². The summed E-state index contributed by atoms with van der Waals surface area (Å²) in [5, 5.41) is 8.49. The van der Waals surface area contributed by atoms with Crippen LogP contribution in [0.5, 0.6) is 0 Å². The van der Waals surface area contributed by atoms with Gasteiger partial charge in [0, 0.05) is 26.5 Å². The molecule has 0 atom stereocenters. The summed E-state index contributed by atoms with van der Waals surface area (Å²) in [6, 6.07) is 0. The van der Waals surface area contributed by atoms with Crippen LogP contribution in [-0.2, 0) is 11.8 Å². The third-order valence-electron chi connectivity index (χ3n) is 1.51. The Morgan fingerprint density at radius 3 is 2.92 bits per heavy atom. The molecule has 0 radical (unpaired) electrons. The van der Waals surface area contributed by atoms with E-state index in [0.717, 1.165) is 0 Å². The average Bonchev–Trinajstić information content (AvgIpc) is 2.33. The summed E-state index contributed by atoms with van der Waals surface area (Å²) < 4.78 is 1.77. The van der Waals surface area contributed by atoms with Gasteiger partial charge in [0.1, 0.15) is 6.54 Å². The summed E-state index contributed by atoms with van der Waals surface area (Å²) in [5.41, 5.74) is 0. The molecule has 1 aromatic heterocycles. The molecule has 0 saturated carbocycles. The predicted molar refractivity (Wildman–Crippen MR) is 44.1 cm³/mol. The number of rotatable bonds is 3. The number of anilines is 1. The Labute approximate surface area is 70.2 Å². The van der Waals surface area contributed by atoms with Crippen LogP contribution in [0.2, 0.25) is 0 Å². The Morgan fingerprint density at radius 1 is 1.83 bits per heavy atom. The second-order valence-corrected chi connectivity index (χ2v) is 2.59. The van der Waals surface area contributed by atoms with Gasteiger partial charge >= 0.3 is 5.97 Å². The summed E-state index contributed by atoms with van der Waals surface area (Å²) in [5.74, 6) is -0.210. The molecule has 1 N–H and O–H groups in total. The van der Waals surface area contributed by atoms with Gasteiger partial charge in [0.05, 0.1) is 0 Å². The van der Waals surface area contributed by atoms with Crippen molar-refractivity contribution in [2.75, 3.05) is 18.5 Å². The number of aryl methyl sites for hydroxylation is 1. The second kappa shape index (κ2) is 3.25. The first-order valence-corrected chi connectivity index (χ1v) is 3.51. The van der Waals surface area contributed by atoms with Crippen molar-refractivity contribution in [3.05, 3.63) is 12.4 Å². The fourth-order valence-corrected chi connectivity index (χ4v) is 0.999. The highest BCUT2D eigenvalue weighted by atomic mass is 16.4. The Kier molecular flexibility index (Phi) is 2.32. The summed E-state index contributed by atoms with van der Waals surface area (Å²) >= 11 is 0. The number of imidazole rings is 1. The third kappa shape index (κ3) is 1.75. The highest BCUT2D eigenvalue weighted by molar-refractivity contribution is 5.72. The molecule has 0 saturated heterocycles. The molecule has 5 heteroatoms. The molecule has 0 bridgehead atoms. The summed E-state index contributed by atoms with van der Waals surface area (Å²) in [4.78, 5) is 15.9. The molecule has 0 aliphatic rings. The van der Waals surface area contributed by atoms with E-state index in [4.69, 9.17) is 5.11 Å². The van der Waals surface area contributed by atoms with Crippen molar-refractivity contribution in [1.82, 2.24) is 9.55 Å². The molecular weight excluding hydrogens is 158 g/mol. The first kappa shape index (κ1) is 8.58. The maximum absolute atomic E-state index is 10.3. The number of hydrogen-bond donors (Lipinski definition) is 1. The fourth-order valence-electron chi connectivity index (χ4n) is 0.999. The second-order valence-electron chi connectivity index (χ2n) is 2.59. The van der Waals surface area contributed by atoms with Crippen molar-refractivity contribution in [2.24, 2.45) is 7.05 Å². The number of hydrogen-bond acceptors (Lipinski definition) is 3. The SMILES string of the molecule is CN(CC(=O)O)c1nccn1C. The maximum atomic E-state index is 10.3. The lowest BCUT2D eigenvalue weighted by molar-refractivity contribution is -0.135. The van der Waals surface area contributed by atoms with Crippen LogP contribution in [0, 0.1) is 0 Å². The minimum absolute atomic E-state index is 0.0369. The number of aromatic nitrogens is 2. The highest BCUT2D eigenvalue weighted by Crippen LogP contribution is 2.05. The molecule has 1 heterocycles. The first-order valence-electron chi connectivity index (χ1n) is 3.51. The minimum atomic E-state index is -0.861. The molecule has 0 amide bonds. The first-order chi connectivity index (χ1) is 5.61. The average molecular weight is 169 g/mol. The zero-order valence-electron chi connectivity index (χ0n) is 7.06. The number of carbonyl (C=O) groups is 1. The minimum Gasteiger partial charge on any atom is -0.480 e. The molecule has 0 aliphatic carbocycles. The summed E-state index contributed by atoms with van der Waals surface area (Å²) in [7, 11) is 3.51. The number of likely N-dealkylation sites (N-methyl/N-ethyl adjacent to an activating group) is 1. The van der Waals surface area contributed by atoms with Crippen LogP contribution in [0.25, 0.3) is 0 Å². The van der Waals surface area contributed by atoms with Gasteiger partial charge in [0.2, 0.25) is 5.95 Å². The van der Waals surface area contributed by atoms with Gasteiger partial charge in [-0.15, -0.1) is 0 Å². The van der Waals surface area contributed by atoms with Crippen LogP contribution >= 0.6 is 0 Å². The molecule has 66 valence electrons. The van der Waals surface area contributed by atoms with E-state index in [1.807, 2.05) is 7.05 Å². The largest absolute Gasteiger partial charge is 0.480 e. The van der Waals surface area contributed by atoms with Crippen LogP contribution in [0.1, 0.15) is 0 Å². The van der Waals surface area contributed by atoms with E-state index in [1.54, 1.807) is 28.9 Å². The van der Waals surface area contributed by atoms with Gasteiger partial charge in [-0.3, -0.25) is 4.79 Å². The van der Waals surface area contributed by atoms with Gasteiger partial charge in [-0.05, 0) is 0 Å². The van der Waals surface area contributed by atoms with Crippen molar-refractivity contribution >= 4 is 11.9 Å². The standard InChI is InChI=1S/C7H11N3O2/c1-9-4-3-8-7(9)10(2)5-6(11)12/h3-4H,5H2,1-2H3,(H,11,12). The number of carboxylic acids is 1. The van der Waals surface area contributed by atoms with Gasteiger partial charge in [-0.2, -0.15) is 0 Å². The van der Waals surface area contributed by atoms with E-state index in [0.29, 0.717) is 5.95 Å². The molecule has 0 fully saturated rings. The number of aliphatic carboxylic acids is 1. The highest BCUT2D eigenvalue weighted by Gasteiger charge is 2.08. The van der Waals surface area contributed by atoms with E-state index >= 15 is 0 Å². The van der Waals surface area contributed by atoms with Crippen molar-refractivity contribution in [1.29, 1.82) is 0 Å². The lowest BCUT2D eigenvalue weighted by atomic mass is 10.6. The van der Waals surface area contributed by atoms with Gasteiger partial charge in [0.25, 0.3) is 0 Å². The fraction of sp³-hybridized carbons (Fsp3) is 0.429. The van der Waals surface area contributed by atoms with Gasteiger partial charge in [-0.1, -0.05) is 0 Å². The van der Waals surface area contributed by atoms with E-state index in [9.17, 15) is 4.79 Å². The Balaban J connectivity index is 2.71.